The summed E-state index contributed by atoms with van der Waals surface area (Å²) >= 11 is 0. The topological polar surface area (TPSA) is 75.1 Å². The van der Waals surface area contributed by atoms with E-state index in [0.717, 1.165) is 12.1 Å². The molecule has 1 heterocycles. The molecular formula is C14H13F2N3O2. The average Bonchev–Trinajstić information content (AvgIpc) is 2.43. The maximum atomic E-state index is 13.1. The second kappa shape index (κ2) is 5.82. The predicted octanol–water partition coefficient (Wildman–Crippen LogP) is 3.32. The van der Waals surface area contributed by atoms with E-state index in [9.17, 15) is 18.7 Å². The van der Waals surface area contributed by atoms with Gasteiger partial charge in [0, 0.05) is 17.7 Å². The van der Waals surface area contributed by atoms with Gasteiger partial charge in [0.1, 0.15) is 5.82 Å². The van der Waals surface area contributed by atoms with Gasteiger partial charge in [0.2, 0.25) is 0 Å². The minimum absolute atomic E-state index is 0.0274. The Labute approximate surface area is 119 Å². The van der Waals surface area contributed by atoms with E-state index >= 15 is 0 Å². The number of hydrogen-bond donors (Lipinski definition) is 2. The minimum atomic E-state index is -1.23. The first-order valence-electron chi connectivity index (χ1n) is 6.20. The lowest BCUT2D eigenvalue weighted by atomic mass is 10.2. The first-order valence-corrected chi connectivity index (χ1v) is 6.20. The van der Waals surface area contributed by atoms with Gasteiger partial charge in [-0.05, 0) is 12.1 Å². The highest BCUT2D eigenvalue weighted by molar-refractivity contribution is 5.92. The highest BCUT2D eigenvalue weighted by Gasteiger charge is 2.16. The molecule has 2 N–H and O–H groups in total. The van der Waals surface area contributed by atoms with Gasteiger partial charge < -0.3 is 10.4 Å². The van der Waals surface area contributed by atoms with Crippen LogP contribution >= 0.6 is 0 Å². The first-order chi connectivity index (χ1) is 9.88. The third-order valence-electron chi connectivity index (χ3n) is 2.72. The Morgan fingerprint density at radius 1 is 1.29 bits per heavy atom. The molecule has 0 saturated heterocycles. The average molecular weight is 293 g/mol. The lowest BCUT2D eigenvalue weighted by molar-refractivity contribution is 0.0691. The van der Waals surface area contributed by atoms with Crippen molar-refractivity contribution >= 4 is 17.3 Å². The van der Waals surface area contributed by atoms with E-state index in [-0.39, 0.29) is 23.0 Å². The summed E-state index contributed by atoms with van der Waals surface area (Å²) in [5, 5.41) is 11.9. The van der Waals surface area contributed by atoms with E-state index in [1.165, 1.54) is 12.3 Å². The van der Waals surface area contributed by atoms with Crippen molar-refractivity contribution in [1.82, 2.24) is 9.97 Å². The highest BCUT2D eigenvalue weighted by atomic mass is 19.2. The fourth-order valence-electron chi connectivity index (χ4n) is 1.66. The molecule has 2 rings (SSSR count). The summed E-state index contributed by atoms with van der Waals surface area (Å²) in [6.07, 6.45) is 1.31. The summed E-state index contributed by atoms with van der Waals surface area (Å²) in [6, 6.07) is 3.17. The van der Waals surface area contributed by atoms with Crippen molar-refractivity contribution in [1.29, 1.82) is 0 Å². The Morgan fingerprint density at radius 2 is 2.00 bits per heavy atom. The summed E-state index contributed by atoms with van der Waals surface area (Å²) in [4.78, 5) is 19.3. The molecule has 21 heavy (non-hydrogen) atoms. The summed E-state index contributed by atoms with van der Waals surface area (Å²) in [6.45, 7) is 3.67. The molecule has 0 aliphatic rings. The molecule has 0 bridgehead atoms. The quantitative estimate of drug-likeness (QED) is 0.904. The van der Waals surface area contributed by atoms with Crippen molar-refractivity contribution in [2.24, 2.45) is 0 Å². The molecule has 110 valence electrons. The highest BCUT2D eigenvalue weighted by Crippen LogP contribution is 2.22. The van der Waals surface area contributed by atoms with Crippen LogP contribution in [0.4, 0.5) is 20.2 Å². The SMILES string of the molecule is CC(C)c1ncc(Nc2ccc(F)c(F)c2)c(C(=O)O)n1. The van der Waals surface area contributed by atoms with Gasteiger partial charge in [0.15, 0.2) is 17.3 Å². The number of aromatic nitrogens is 2. The maximum Gasteiger partial charge on any atom is 0.356 e. The van der Waals surface area contributed by atoms with Gasteiger partial charge in [0.25, 0.3) is 0 Å². The van der Waals surface area contributed by atoms with Gasteiger partial charge in [-0.15, -0.1) is 0 Å². The molecule has 0 atom stereocenters. The van der Waals surface area contributed by atoms with Crippen molar-refractivity contribution in [2.75, 3.05) is 5.32 Å². The van der Waals surface area contributed by atoms with E-state index in [1.54, 1.807) is 0 Å². The second-order valence-corrected chi connectivity index (χ2v) is 4.70. The van der Waals surface area contributed by atoms with Crippen LogP contribution in [-0.4, -0.2) is 21.0 Å². The number of carbonyl (C=O) groups is 1. The molecule has 0 amide bonds. The summed E-state index contributed by atoms with van der Waals surface area (Å²) < 4.78 is 26.0. The van der Waals surface area contributed by atoms with Gasteiger partial charge in [0.05, 0.1) is 11.9 Å². The normalized spacial score (nSPS) is 10.7. The lowest BCUT2D eigenvalue weighted by Crippen LogP contribution is -2.10. The number of aromatic carboxylic acids is 1. The van der Waals surface area contributed by atoms with Crippen molar-refractivity contribution in [2.45, 2.75) is 19.8 Å². The molecular weight excluding hydrogens is 280 g/mol. The van der Waals surface area contributed by atoms with Gasteiger partial charge in [-0.3, -0.25) is 0 Å². The molecule has 1 aromatic carbocycles. The Hall–Kier alpha value is -2.57. The van der Waals surface area contributed by atoms with E-state index in [0.29, 0.717) is 5.82 Å². The van der Waals surface area contributed by atoms with Crippen LogP contribution in [-0.2, 0) is 0 Å². The smallest absolute Gasteiger partial charge is 0.356 e. The van der Waals surface area contributed by atoms with Crippen molar-refractivity contribution in [3.8, 4) is 0 Å². The van der Waals surface area contributed by atoms with Crippen LogP contribution in [0.2, 0.25) is 0 Å². The monoisotopic (exact) mass is 293 g/mol. The van der Waals surface area contributed by atoms with Crippen LogP contribution in [0.15, 0.2) is 24.4 Å². The summed E-state index contributed by atoms with van der Waals surface area (Å²) in [5.74, 6) is -2.88. The Kier molecular flexibility index (Phi) is 4.11. The van der Waals surface area contributed by atoms with Gasteiger partial charge in [-0.2, -0.15) is 0 Å². The third-order valence-corrected chi connectivity index (χ3v) is 2.72. The molecule has 0 aliphatic carbocycles. The maximum absolute atomic E-state index is 13.1. The summed E-state index contributed by atoms with van der Waals surface area (Å²) in [5.41, 5.74) is 0.0913. The zero-order valence-corrected chi connectivity index (χ0v) is 11.4. The zero-order valence-electron chi connectivity index (χ0n) is 11.4. The fraction of sp³-hybridized carbons (Fsp3) is 0.214. The third kappa shape index (κ3) is 3.31. The van der Waals surface area contributed by atoms with E-state index in [2.05, 4.69) is 15.3 Å². The van der Waals surface area contributed by atoms with Crippen LogP contribution < -0.4 is 5.32 Å². The molecule has 0 aliphatic heterocycles. The Bertz CT molecular complexity index is 690. The van der Waals surface area contributed by atoms with Gasteiger partial charge in [-0.1, -0.05) is 13.8 Å². The number of nitrogens with zero attached hydrogens (tertiary/aromatic N) is 2. The number of anilines is 2. The number of carboxylic acid groups (broad SMARTS) is 1. The molecule has 0 fully saturated rings. The molecule has 5 nitrogen and oxygen atoms in total. The Balaban J connectivity index is 2.39. The zero-order chi connectivity index (χ0) is 15.6. The fourth-order valence-corrected chi connectivity index (χ4v) is 1.66. The molecule has 0 unspecified atom stereocenters. The van der Waals surface area contributed by atoms with E-state index < -0.39 is 17.6 Å². The lowest BCUT2D eigenvalue weighted by Gasteiger charge is -2.11. The molecule has 0 saturated carbocycles. The number of hydrogen-bond acceptors (Lipinski definition) is 4. The second-order valence-electron chi connectivity index (χ2n) is 4.70. The van der Waals surface area contributed by atoms with Crippen LogP contribution in [0.3, 0.4) is 0 Å². The Morgan fingerprint density at radius 3 is 2.57 bits per heavy atom. The van der Waals surface area contributed by atoms with Crippen LogP contribution in [0.25, 0.3) is 0 Å². The van der Waals surface area contributed by atoms with Crippen molar-refractivity contribution < 1.29 is 18.7 Å². The van der Waals surface area contributed by atoms with Crippen molar-refractivity contribution in [3.05, 3.63) is 47.5 Å². The largest absolute Gasteiger partial charge is 0.476 e. The standard InChI is InChI=1S/C14H13F2N3O2/c1-7(2)13-17-6-11(12(19-13)14(20)21)18-8-3-4-9(15)10(16)5-8/h3-7,18H,1-2H3,(H,20,21). The van der Waals surface area contributed by atoms with Crippen LogP contribution in [0, 0.1) is 11.6 Å². The number of carboxylic acids is 1. The number of nitrogens with one attached hydrogen (secondary N) is 1. The minimum Gasteiger partial charge on any atom is -0.476 e. The molecule has 0 radical (unpaired) electrons. The molecule has 0 spiro atoms. The van der Waals surface area contributed by atoms with Gasteiger partial charge in [-0.25, -0.2) is 23.5 Å². The van der Waals surface area contributed by atoms with Crippen LogP contribution in [0.1, 0.15) is 36.1 Å². The number of halogens is 2. The first kappa shape index (κ1) is 14.8. The van der Waals surface area contributed by atoms with Gasteiger partial charge >= 0.3 is 5.97 Å². The number of rotatable bonds is 4. The summed E-state index contributed by atoms with van der Waals surface area (Å²) in [7, 11) is 0. The van der Waals surface area contributed by atoms with Crippen LogP contribution in [0.5, 0.6) is 0 Å². The molecule has 1 aromatic heterocycles. The number of benzene rings is 1. The van der Waals surface area contributed by atoms with Crippen molar-refractivity contribution in [3.63, 3.8) is 0 Å². The molecule has 2 aromatic rings. The predicted molar refractivity (Wildman–Crippen MR) is 72.7 cm³/mol. The van der Waals surface area contributed by atoms with E-state index in [4.69, 9.17) is 0 Å². The van der Waals surface area contributed by atoms with E-state index in [1.807, 2.05) is 13.8 Å². The molecule has 7 heteroatoms.